The Morgan fingerprint density at radius 2 is 1.82 bits per heavy atom. The highest BCUT2D eigenvalue weighted by molar-refractivity contribution is 5.23. The maximum Gasteiger partial charge on any atom is 0.116 e. The van der Waals surface area contributed by atoms with E-state index in [0.29, 0.717) is 5.92 Å². The van der Waals surface area contributed by atoms with Gasteiger partial charge in [0, 0.05) is 0 Å². The van der Waals surface area contributed by atoms with Gasteiger partial charge in [-0.05, 0) is 58.8 Å². The van der Waals surface area contributed by atoms with E-state index in [1.54, 1.807) is 0 Å². The molecule has 3 unspecified atom stereocenters. The fourth-order valence-electron chi connectivity index (χ4n) is 3.29. The Morgan fingerprint density at radius 1 is 1.14 bits per heavy atom. The maximum atomic E-state index is 10.6. The minimum Gasteiger partial charge on any atom is -0.386 e. The molecule has 1 aliphatic heterocycles. The van der Waals surface area contributed by atoms with Crippen molar-refractivity contribution in [1.29, 1.82) is 0 Å². The topological polar surface area (TPSA) is 32.8 Å². The summed E-state index contributed by atoms with van der Waals surface area (Å²) >= 11 is 0. The van der Waals surface area contributed by atoms with Crippen molar-refractivity contribution in [3.8, 4) is 0 Å². The zero-order chi connectivity index (χ0) is 16.4. The molecule has 0 aromatic heterocycles. The van der Waals surface area contributed by atoms with Crippen LogP contribution in [-0.2, 0) is 4.74 Å². The number of fused-ring (bicyclic) bond motifs is 1. The number of epoxide rings is 1. The summed E-state index contributed by atoms with van der Waals surface area (Å²) in [5, 5.41) is 10.6. The summed E-state index contributed by atoms with van der Waals surface area (Å²) in [6.07, 6.45) is 13.8. The lowest BCUT2D eigenvalue weighted by Crippen LogP contribution is -2.25. The lowest BCUT2D eigenvalue weighted by Gasteiger charge is -2.21. The van der Waals surface area contributed by atoms with Crippen LogP contribution in [0.5, 0.6) is 0 Å². The van der Waals surface area contributed by atoms with Crippen molar-refractivity contribution >= 4 is 0 Å². The molecule has 1 aliphatic carbocycles. The molecule has 1 N–H and O–H groups in total. The minimum atomic E-state index is -0.760. The fourth-order valence-corrected chi connectivity index (χ4v) is 3.29. The molecular weight excluding hydrogens is 272 g/mol. The van der Waals surface area contributed by atoms with E-state index in [1.807, 2.05) is 13.0 Å². The number of rotatable bonds is 1. The number of hydrogen-bond acceptors (Lipinski definition) is 2. The van der Waals surface area contributed by atoms with E-state index < -0.39 is 5.60 Å². The lowest BCUT2D eigenvalue weighted by atomic mass is 9.86. The van der Waals surface area contributed by atoms with Crippen LogP contribution in [0.15, 0.2) is 35.5 Å². The molecule has 124 valence electrons. The summed E-state index contributed by atoms with van der Waals surface area (Å²) < 4.78 is 6.08. The first-order chi connectivity index (χ1) is 10.3. The Labute approximate surface area is 136 Å². The predicted octanol–water partition coefficient (Wildman–Crippen LogP) is 4.94. The van der Waals surface area contributed by atoms with Crippen LogP contribution in [0, 0.1) is 5.92 Å². The van der Waals surface area contributed by atoms with Crippen molar-refractivity contribution in [2.45, 2.75) is 84.0 Å². The normalized spacial score (nSPS) is 41.0. The fraction of sp³-hybridized carbons (Fsp3) is 0.700. The monoisotopic (exact) mass is 304 g/mol. The minimum absolute atomic E-state index is 0.186. The van der Waals surface area contributed by atoms with Gasteiger partial charge in [0.15, 0.2) is 0 Å². The summed E-state index contributed by atoms with van der Waals surface area (Å²) in [6.45, 7) is 10.7. The molecular formula is C20H32O2. The second kappa shape index (κ2) is 6.72. The smallest absolute Gasteiger partial charge is 0.116 e. The van der Waals surface area contributed by atoms with Crippen LogP contribution in [0.4, 0.5) is 0 Å². The molecule has 0 amide bonds. The quantitative estimate of drug-likeness (QED) is 0.549. The van der Waals surface area contributed by atoms with Gasteiger partial charge >= 0.3 is 0 Å². The van der Waals surface area contributed by atoms with E-state index in [4.69, 9.17) is 4.74 Å². The van der Waals surface area contributed by atoms with E-state index >= 15 is 0 Å². The Kier molecular flexibility index (Phi) is 5.34. The number of aliphatic hydroxyl groups is 1. The van der Waals surface area contributed by atoms with E-state index in [1.165, 1.54) is 11.1 Å². The van der Waals surface area contributed by atoms with Gasteiger partial charge in [0.1, 0.15) is 5.60 Å². The van der Waals surface area contributed by atoms with Crippen LogP contribution >= 0.6 is 0 Å². The zero-order valence-corrected chi connectivity index (χ0v) is 14.9. The molecule has 0 spiro atoms. The first kappa shape index (κ1) is 17.5. The Morgan fingerprint density at radius 3 is 2.50 bits per heavy atom. The van der Waals surface area contributed by atoms with Gasteiger partial charge in [0.2, 0.25) is 0 Å². The summed E-state index contributed by atoms with van der Waals surface area (Å²) in [4.78, 5) is 0. The summed E-state index contributed by atoms with van der Waals surface area (Å²) in [5.41, 5.74) is 1.89. The zero-order valence-electron chi connectivity index (χ0n) is 14.9. The van der Waals surface area contributed by atoms with Gasteiger partial charge in [-0.1, -0.05) is 49.3 Å². The van der Waals surface area contributed by atoms with Crippen molar-refractivity contribution in [2.75, 3.05) is 0 Å². The number of allylic oxidation sites excluding steroid dienone is 3. The molecule has 1 saturated heterocycles. The van der Waals surface area contributed by atoms with E-state index in [-0.39, 0.29) is 11.7 Å². The first-order valence-corrected chi connectivity index (χ1v) is 8.67. The molecule has 3 atom stereocenters. The van der Waals surface area contributed by atoms with Crippen LogP contribution in [0.25, 0.3) is 0 Å². The van der Waals surface area contributed by atoms with Crippen molar-refractivity contribution in [2.24, 2.45) is 5.92 Å². The summed E-state index contributed by atoms with van der Waals surface area (Å²) in [7, 11) is 0. The molecule has 1 fully saturated rings. The van der Waals surface area contributed by atoms with Crippen LogP contribution < -0.4 is 0 Å². The van der Waals surface area contributed by atoms with E-state index in [0.717, 1.165) is 32.1 Å². The number of hydrogen-bond donors (Lipinski definition) is 1. The van der Waals surface area contributed by atoms with Gasteiger partial charge in [0.25, 0.3) is 0 Å². The molecule has 1 heterocycles. The molecule has 2 aliphatic rings. The van der Waals surface area contributed by atoms with Gasteiger partial charge in [-0.3, -0.25) is 0 Å². The Hall–Kier alpha value is -0.860. The third-order valence-electron chi connectivity index (χ3n) is 5.08. The molecule has 22 heavy (non-hydrogen) atoms. The first-order valence-electron chi connectivity index (χ1n) is 8.67. The van der Waals surface area contributed by atoms with Crippen molar-refractivity contribution in [3.63, 3.8) is 0 Å². The van der Waals surface area contributed by atoms with Gasteiger partial charge in [-0.2, -0.15) is 0 Å². The van der Waals surface area contributed by atoms with E-state index in [2.05, 4.69) is 45.9 Å². The van der Waals surface area contributed by atoms with Gasteiger partial charge in [-0.15, -0.1) is 0 Å². The largest absolute Gasteiger partial charge is 0.386 e. The van der Waals surface area contributed by atoms with Crippen molar-refractivity contribution in [3.05, 3.63) is 35.5 Å². The second-order valence-corrected chi connectivity index (χ2v) is 7.69. The highest BCUT2D eigenvalue weighted by Crippen LogP contribution is 2.47. The van der Waals surface area contributed by atoms with Crippen LogP contribution in [-0.4, -0.2) is 22.4 Å². The molecule has 0 bridgehead atoms. The summed E-state index contributed by atoms with van der Waals surface area (Å²) in [6, 6.07) is 0. The molecule has 0 radical (unpaired) electrons. The van der Waals surface area contributed by atoms with Gasteiger partial charge in [-0.25, -0.2) is 0 Å². The highest BCUT2D eigenvalue weighted by Gasteiger charge is 2.56. The van der Waals surface area contributed by atoms with Crippen LogP contribution in [0.3, 0.4) is 0 Å². The van der Waals surface area contributed by atoms with Gasteiger partial charge in [0.05, 0.1) is 11.7 Å². The maximum absolute atomic E-state index is 10.6. The molecule has 0 aromatic rings. The van der Waals surface area contributed by atoms with Crippen LogP contribution in [0.2, 0.25) is 0 Å². The molecule has 2 nitrogen and oxygen atoms in total. The molecule has 0 saturated carbocycles. The van der Waals surface area contributed by atoms with Crippen LogP contribution in [0.1, 0.15) is 66.7 Å². The van der Waals surface area contributed by atoms with Gasteiger partial charge < -0.3 is 9.84 Å². The average Bonchev–Trinajstić information content (AvgIpc) is 3.10. The Bertz CT molecular complexity index is 482. The SMILES string of the molecule is CC1=CCC/C(C)=C\CCC(C)(O)/C=C/C2(C(C)C)OC2C1. The van der Waals surface area contributed by atoms with Crippen molar-refractivity contribution in [1.82, 2.24) is 0 Å². The number of ether oxygens (including phenoxy) is 1. The Balaban J connectivity index is 2.21. The molecule has 2 rings (SSSR count). The third-order valence-corrected chi connectivity index (χ3v) is 5.08. The van der Waals surface area contributed by atoms with Crippen molar-refractivity contribution < 1.29 is 9.84 Å². The highest BCUT2D eigenvalue weighted by atomic mass is 16.6. The third kappa shape index (κ3) is 4.33. The predicted molar refractivity (Wildman–Crippen MR) is 92.8 cm³/mol. The van der Waals surface area contributed by atoms with E-state index in [9.17, 15) is 5.11 Å². The lowest BCUT2D eigenvalue weighted by molar-refractivity contribution is 0.101. The summed E-state index contributed by atoms with van der Waals surface area (Å²) in [5.74, 6) is 0.424. The molecule has 2 heteroatoms. The second-order valence-electron chi connectivity index (χ2n) is 7.69. The average molecular weight is 304 g/mol. The molecule has 0 aromatic carbocycles. The standard InChI is InChI=1S/C20H32O2/c1-15(2)20-13-12-19(5,21)11-7-10-16(3)8-6-9-17(4)14-18(20)22-20/h9-10,12-13,15,18,21H,6-8,11,14H2,1-5H3/b13-12+,16-10-,17-9?.